The second kappa shape index (κ2) is 12.5. The third-order valence-electron chi connectivity index (χ3n) is 5.59. The van der Waals surface area contributed by atoms with Gasteiger partial charge < -0.3 is 14.5 Å². The number of esters is 1. The molecule has 0 radical (unpaired) electrons. The first-order chi connectivity index (χ1) is 18.8. The van der Waals surface area contributed by atoms with Crippen LogP contribution in [-0.2, 0) is 14.3 Å². The van der Waals surface area contributed by atoms with Gasteiger partial charge >= 0.3 is 5.97 Å². The van der Waals surface area contributed by atoms with Gasteiger partial charge in [-0.2, -0.15) is 5.26 Å². The van der Waals surface area contributed by atoms with Crippen molar-refractivity contribution in [3.8, 4) is 17.4 Å². The Balaban J connectivity index is 1.42. The van der Waals surface area contributed by atoms with Crippen molar-refractivity contribution in [1.29, 1.82) is 5.26 Å². The van der Waals surface area contributed by atoms with Crippen molar-refractivity contribution in [3.05, 3.63) is 81.4 Å². The number of halogens is 1. The summed E-state index contributed by atoms with van der Waals surface area (Å²) in [7, 11) is 0. The maximum Gasteiger partial charge on any atom is 0.339 e. The third-order valence-corrected chi connectivity index (χ3v) is 6.83. The fourth-order valence-corrected chi connectivity index (χ4v) is 4.64. The Morgan fingerprint density at radius 2 is 1.97 bits per heavy atom. The summed E-state index contributed by atoms with van der Waals surface area (Å²) in [5.74, 6) is -1.15. The third kappa shape index (κ3) is 6.57. The summed E-state index contributed by atoms with van der Waals surface area (Å²) in [6.07, 6.45) is 2.99. The lowest BCUT2D eigenvalue weighted by molar-refractivity contribution is -0.127. The molecule has 4 rings (SSSR count). The van der Waals surface area contributed by atoms with Crippen LogP contribution in [0.5, 0.6) is 0 Å². The second-order valence-corrected chi connectivity index (χ2v) is 9.76. The number of amides is 3. The fourth-order valence-electron chi connectivity index (χ4n) is 3.63. The summed E-state index contributed by atoms with van der Waals surface area (Å²) < 4.78 is 11.0. The van der Waals surface area contributed by atoms with E-state index in [1.54, 1.807) is 36.4 Å². The van der Waals surface area contributed by atoms with Crippen LogP contribution in [0.4, 0.5) is 10.5 Å². The van der Waals surface area contributed by atoms with E-state index in [-0.39, 0.29) is 27.8 Å². The van der Waals surface area contributed by atoms with Crippen molar-refractivity contribution < 1.29 is 28.3 Å². The molecule has 0 bridgehead atoms. The Kier molecular flexibility index (Phi) is 8.86. The smallest absolute Gasteiger partial charge is 0.339 e. The molecule has 9 nitrogen and oxygen atoms in total. The maximum absolute atomic E-state index is 12.9. The SMILES string of the molecule is CCCCOC(=O)c1cc(NC(=O)CN2C(=O)S/C(=C/c3ccc(-c4ccccc4C#N)o3)C2=O)ccc1Cl. The van der Waals surface area contributed by atoms with Crippen LogP contribution in [0.1, 0.15) is 41.4 Å². The van der Waals surface area contributed by atoms with Gasteiger partial charge in [0.1, 0.15) is 18.1 Å². The van der Waals surface area contributed by atoms with Gasteiger partial charge in [-0.25, -0.2) is 4.79 Å². The van der Waals surface area contributed by atoms with E-state index in [0.717, 1.165) is 11.3 Å². The molecule has 1 saturated heterocycles. The average molecular weight is 564 g/mol. The van der Waals surface area contributed by atoms with Gasteiger partial charge in [-0.15, -0.1) is 0 Å². The minimum atomic E-state index is -0.646. The number of benzene rings is 2. The van der Waals surface area contributed by atoms with Gasteiger partial charge in [0.25, 0.3) is 11.1 Å². The van der Waals surface area contributed by atoms with E-state index in [0.29, 0.717) is 40.8 Å². The van der Waals surface area contributed by atoms with E-state index in [1.807, 2.05) is 6.92 Å². The molecule has 11 heteroatoms. The number of rotatable bonds is 9. The summed E-state index contributed by atoms with van der Waals surface area (Å²) in [5.41, 5.74) is 1.39. The molecule has 3 aromatic rings. The summed E-state index contributed by atoms with van der Waals surface area (Å²) >= 11 is 6.79. The highest BCUT2D eigenvalue weighted by atomic mass is 35.5. The maximum atomic E-state index is 12.9. The molecule has 1 N–H and O–H groups in total. The van der Waals surface area contributed by atoms with Gasteiger partial charge in [0.2, 0.25) is 5.91 Å². The molecule has 0 saturated carbocycles. The number of hydrogen-bond donors (Lipinski definition) is 1. The Hall–Kier alpha value is -4.33. The van der Waals surface area contributed by atoms with Gasteiger partial charge in [0.15, 0.2) is 0 Å². The number of nitriles is 1. The molecular formula is C28H22ClN3O6S. The van der Waals surface area contributed by atoms with Crippen molar-refractivity contribution >= 4 is 58.1 Å². The lowest BCUT2D eigenvalue weighted by Gasteiger charge is -2.13. The van der Waals surface area contributed by atoms with Crippen LogP contribution in [-0.4, -0.2) is 41.1 Å². The first kappa shape index (κ1) is 27.7. The van der Waals surface area contributed by atoms with Crippen LogP contribution in [0.25, 0.3) is 17.4 Å². The first-order valence-electron chi connectivity index (χ1n) is 11.9. The zero-order valence-electron chi connectivity index (χ0n) is 20.7. The average Bonchev–Trinajstić information content (AvgIpc) is 3.49. The molecule has 39 heavy (non-hydrogen) atoms. The molecule has 0 atom stereocenters. The first-order valence-corrected chi connectivity index (χ1v) is 13.1. The van der Waals surface area contributed by atoms with Gasteiger partial charge in [0.05, 0.1) is 33.7 Å². The largest absolute Gasteiger partial charge is 0.462 e. The van der Waals surface area contributed by atoms with Crippen LogP contribution in [0.3, 0.4) is 0 Å². The Labute approximate surface area is 233 Å². The Morgan fingerprint density at radius 3 is 2.74 bits per heavy atom. The summed E-state index contributed by atoms with van der Waals surface area (Å²) in [4.78, 5) is 51.2. The number of imide groups is 1. The number of carbonyl (C=O) groups excluding carboxylic acids is 4. The van der Waals surface area contributed by atoms with E-state index in [2.05, 4.69) is 11.4 Å². The molecule has 1 aliphatic rings. The minimum Gasteiger partial charge on any atom is -0.462 e. The highest BCUT2D eigenvalue weighted by Crippen LogP contribution is 2.34. The molecule has 2 aromatic carbocycles. The monoisotopic (exact) mass is 563 g/mol. The summed E-state index contributed by atoms with van der Waals surface area (Å²) in [6, 6.07) is 16.6. The highest BCUT2D eigenvalue weighted by Gasteiger charge is 2.36. The van der Waals surface area contributed by atoms with Crippen molar-refractivity contribution in [2.75, 3.05) is 18.5 Å². The molecular weight excluding hydrogens is 542 g/mol. The minimum absolute atomic E-state index is 0.0888. The standard InChI is InChI=1S/C28H22ClN3O6S/c1-2-3-12-37-27(35)21-13-18(8-10-22(21)29)31-25(33)16-32-26(34)24(39-28(32)36)14-19-9-11-23(38-19)20-7-5-4-6-17(20)15-30/h4-11,13-14H,2-3,12,16H2,1H3,(H,31,33)/b24-14+. The van der Waals surface area contributed by atoms with Crippen molar-refractivity contribution in [3.63, 3.8) is 0 Å². The predicted octanol–water partition coefficient (Wildman–Crippen LogP) is 6.10. The quantitative estimate of drug-likeness (QED) is 0.188. The number of thioether (sulfide) groups is 1. The Bertz CT molecular complexity index is 1520. The Morgan fingerprint density at radius 1 is 1.18 bits per heavy atom. The van der Waals surface area contributed by atoms with Crippen molar-refractivity contribution in [1.82, 2.24) is 4.90 Å². The van der Waals surface area contributed by atoms with Crippen LogP contribution in [0.15, 0.2) is 63.9 Å². The lowest BCUT2D eigenvalue weighted by atomic mass is 10.1. The number of ether oxygens (including phenoxy) is 1. The number of unbranched alkanes of at least 4 members (excludes halogenated alkanes) is 1. The number of hydrogen-bond acceptors (Lipinski definition) is 8. The second-order valence-electron chi connectivity index (χ2n) is 8.36. The number of carbonyl (C=O) groups is 4. The van der Waals surface area contributed by atoms with E-state index in [4.69, 9.17) is 20.8 Å². The number of anilines is 1. The van der Waals surface area contributed by atoms with Crippen LogP contribution < -0.4 is 5.32 Å². The van der Waals surface area contributed by atoms with Gasteiger partial charge in [-0.3, -0.25) is 19.3 Å². The lowest BCUT2D eigenvalue weighted by Crippen LogP contribution is -2.36. The van der Waals surface area contributed by atoms with Crippen molar-refractivity contribution in [2.45, 2.75) is 19.8 Å². The van der Waals surface area contributed by atoms with Gasteiger partial charge in [-0.1, -0.05) is 37.1 Å². The number of furan rings is 1. The molecule has 198 valence electrons. The molecule has 3 amide bonds. The molecule has 0 aliphatic carbocycles. The predicted molar refractivity (Wildman–Crippen MR) is 147 cm³/mol. The van der Waals surface area contributed by atoms with E-state index in [1.165, 1.54) is 24.3 Å². The molecule has 1 fully saturated rings. The topological polar surface area (TPSA) is 130 Å². The fraction of sp³-hybridized carbons (Fsp3) is 0.179. The van der Waals surface area contributed by atoms with E-state index >= 15 is 0 Å². The normalized spacial score (nSPS) is 14.0. The number of nitrogens with zero attached hydrogens (tertiary/aromatic N) is 2. The molecule has 1 aromatic heterocycles. The summed E-state index contributed by atoms with van der Waals surface area (Å²) in [6.45, 7) is 1.69. The van der Waals surface area contributed by atoms with Crippen molar-refractivity contribution in [2.24, 2.45) is 0 Å². The van der Waals surface area contributed by atoms with Crippen LogP contribution >= 0.6 is 23.4 Å². The molecule has 0 unspecified atom stereocenters. The highest BCUT2D eigenvalue weighted by molar-refractivity contribution is 8.18. The molecule has 0 spiro atoms. The molecule has 2 heterocycles. The van der Waals surface area contributed by atoms with Gasteiger partial charge in [0, 0.05) is 17.3 Å². The summed E-state index contributed by atoms with van der Waals surface area (Å²) in [5, 5.41) is 11.4. The van der Waals surface area contributed by atoms with E-state index in [9.17, 15) is 24.4 Å². The molecule has 1 aliphatic heterocycles. The van der Waals surface area contributed by atoms with Gasteiger partial charge in [-0.05, 0) is 60.6 Å². The number of nitrogens with one attached hydrogen (secondary N) is 1. The van der Waals surface area contributed by atoms with E-state index < -0.39 is 29.6 Å². The zero-order valence-corrected chi connectivity index (χ0v) is 22.3. The zero-order chi connectivity index (χ0) is 27.9. The van der Waals surface area contributed by atoms with Crippen LogP contribution in [0.2, 0.25) is 5.02 Å². The van der Waals surface area contributed by atoms with Crippen LogP contribution in [0, 0.1) is 11.3 Å².